The normalized spacial score (nSPS) is 11.4. The summed E-state index contributed by atoms with van der Waals surface area (Å²) in [6, 6.07) is 15.0. The van der Waals surface area contributed by atoms with Crippen molar-refractivity contribution < 1.29 is 14.9 Å². The summed E-state index contributed by atoms with van der Waals surface area (Å²) in [5, 5.41) is 23.8. The molecule has 0 saturated heterocycles. The molecule has 2 aromatic carbocycles. The number of fused-ring (bicyclic) bond motifs is 1. The fourth-order valence-corrected chi connectivity index (χ4v) is 3.90. The van der Waals surface area contributed by atoms with Gasteiger partial charge in [-0.05, 0) is 30.7 Å². The lowest BCUT2D eigenvalue weighted by atomic mass is 10.1. The number of imidazole rings is 1. The summed E-state index contributed by atoms with van der Waals surface area (Å²) in [7, 11) is 0. The Hall–Kier alpha value is -2.74. The van der Waals surface area contributed by atoms with Crippen LogP contribution in [0.1, 0.15) is 38.0 Å². The minimum Gasteiger partial charge on any atom is -0.494 e. The van der Waals surface area contributed by atoms with Crippen LogP contribution in [-0.4, -0.2) is 31.4 Å². The molecule has 0 amide bonds. The second kappa shape index (κ2) is 8.73. The van der Waals surface area contributed by atoms with Gasteiger partial charge in [-0.3, -0.25) is 0 Å². The van der Waals surface area contributed by atoms with E-state index in [0.29, 0.717) is 5.56 Å². The molecule has 4 aromatic rings. The molecular weight excluding hydrogens is 386 g/mol. The molecule has 0 spiro atoms. The fraction of sp³-hybridized carbons (Fsp3) is 0.273. The van der Waals surface area contributed by atoms with E-state index in [1.807, 2.05) is 42.6 Å². The first-order chi connectivity index (χ1) is 14.1. The van der Waals surface area contributed by atoms with Gasteiger partial charge in [0.2, 0.25) is 4.96 Å². The third-order valence-electron chi connectivity index (χ3n) is 4.67. The molecule has 0 saturated carbocycles. The highest BCUT2D eigenvalue weighted by Crippen LogP contribution is 2.29. The molecule has 6 nitrogen and oxygen atoms in total. The molecule has 0 atom stereocenters. The summed E-state index contributed by atoms with van der Waals surface area (Å²) in [5.41, 5.74) is 3.25. The van der Waals surface area contributed by atoms with Gasteiger partial charge in [0, 0.05) is 16.7 Å². The van der Waals surface area contributed by atoms with Crippen LogP contribution in [0.3, 0.4) is 0 Å². The van der Waals surface area contributed by atoms with Crippen LogP contribution in [0, 0.1) is 0 Å². The van der Waals surface area contributed by atoms with Crippen LogP contribution in [0.5, 0.6) is 5.75 Å². The Morgan fingerprint density at radius 1 is 1.00 bits per heavy atom. The fourth-order valence-electron chi connectivity index (χ4n) is 3.02. The minimum atomic E-state index is -1.46. The Bertz CT molecular complexity index is 1040. The lowest BCUT2D eigenvalue weighted by Crippen LogP contribution is -1.96. The van der Waals surface area contributed by atoms with E-state index < -0.39 is 6.29 Å². The standard InChI is InChI=1S/C22H23N3O3S/c1-2-3-4-13-28-18-11-9-15(10-12-18)19-14-25-22(23-19)29-20(24-25)16-5-7-17(8-6-16)21(26)27/h5-12,14,21,26-27H,2-4,13H2,1H3. The Balaban J connectivity index is 1.48. The zero-order valence-corrected chi connectivity index (χ0v) is 17.0. The molecular formula is C22H23N3O3S. The van der Waals surface area contributed by atoms with E-state index in [1.54, 1.807) is 16.6 Å². The van der Waals surface area contributed by atoms with E-state index in [2.05, 4.69) is 17.0 Å². The summed E-state index contributed by atoms with van der Waals surface area (Å²) < 4.78 is 7.54. The monoisotopic (exact) mass is 409 g/mol. The van der Waals surface area contributed by atoms with Gasteiger partial charge in [-0.15, -0.1) is 0 Å². The Kier molecular flexibility index (Phi) is 5.89. The van der Waals surface area contributed by atoms with Crippen LogP contribution in [0.2, 0.25) is 0 Å². The van der Waals surface area contributed by atoms with Crippen molar-refractivity contribution in [2.45, 2.75) is 32.5 Å². The quantitative estimate of drug-likeness (QED) is 0.326. The molecule has 2 N–H and O–H groups in total. The Morgan fingerprint density at radius 2 is 1.72 bits per heavy atom. The van der Waals surface area contributed by atoms with Crippen molar-refractivity contribution in [2.24, 2.45) is 0 Å². The van der Waals surface area contributed by atoms with E-state index in [-0.39, 0.29) is 0 Å². The smallest absolute Gasteiger partial charge is 0.213 e. The first-order valence-corrected chi connectivity index (χ1v) is 10.5. The lowest BCUT2D eigenvalue weighted by Gasteiger charge is -2.06. The van der Waals surface area contributed by atoms with Crippen LogP contribution >= 0.6 is 11.3 Å². The van der Waals surface area contributed by atoms with Crippen LogP contribution in [0.25, 0.3) is 26.8 Å². The predicted molar refractivity (Wildman–Crippen MR) is 114 cm³/mol. The molecule has 2 aromatic heterocycles. The molecule has 0 aliphatic rings. The van der Waals surface area contributed by atoms with E-state index in [1.165, 1.54) is 24.2 Å². The molecule has 150 valence electrons. The lowest BCUT2D eigenvalue weighted by molar-refractivity contribution is -0.0424. The van der Waals surface area contributed by atoms with Crippen molar-refractivity contribution in [3.8, 4) is 27.6 Å². The van der Waals surface area contributed by atoms with Crippen molar-refractivity contribution >= 4 is 16.3 Å². The van der Waals surface area contributed by atoms with Gasteiger partial charge in [0.15, 0.2) is 6.29 Å². The van der Waals surface area contributed by atoms with E-state index in [4.69, 9.17) is 4.74 Å². The maximum atomic E-state index is 9.21. The van der Waals surface area contributed by atoms with Crippen LogP contribution in [0.4, 0.5) is 0 Å². The van der Waals surface area contributed by atoms with Crippen LogP contribution in [0.15, 0.2) is 54.7 Å². The molecule has 0 radical (unpaired) electrons. The SMILES string of the molecule is CCCCCOc1ccc(-c2cn3nc(-c4ccc(C(O)O)cc4)sc3n2)cc1. The summed E-state index contributed by atoms with van der Waals surface area (Å²) in [4.78, 5) is 5.50. The van der Waals surface area contributed by atoms with Gasteiger partial charge in [-0.25, -0.2) is 9.50 Å². The number of ether oxygens (including phenoxy) is 1. The summed E-state index contributed by atoms with van der Waals surface area (Å²) >= 11 is 1.49. The molecule has 0 aliphatic carbocycles. The summed E-state index contributed by atoms with van der Waals surface area (Å²) in [6.07, 6.45) is 3.90. The second-order valence-corrected chi connectivity index (χ2v) is 7.79. The average Bonchev–Trinajstić information content (AvgIpc) is 3.31. The highest BCUT2D eigenvalue weighted by molar-refractivity contribution is 7.19. The average molecular weight is 410 g/mol. The number of unbranched alkanes of at least 4 members (excludes halogenated alkanes) is 2. The van der Waals surface area contributed by atoms with Gasteiger partial charge in [-0.2, -0.15) is 5.10 Å². The van der Waals surface area contributed by atoms with Crippen molar-refractivity contribution in [1.29, 1.82) is 0 Å². The largest absolute Gasteiger partial charge is 0.494 e. The molecule has 4 rings (SSSR count). The van der Waals surface area contributed by atoms with E-state index >= 15 is 0 Å². The third-order valence-corrected chi connectivity index (χ3v) is 5.64. The van der Waals surface area contributed by atoms with Crippen molar-refractivity contribution in [3.05, 3.63) is 60.3 Å². The highest BCUT2D eigenvalue weighted by Gasteiger charge is 2.12. The number of hydrogen-bond acceptors (Lipinski definition) is 6. The molecule has 0 aliphatic heterocycles. The maximum absolute atomic E-state index is 9.21. The van der Waals surface area contributed by atoms with Gasteiger partial charge in [0.05, 0.1) is 18.5 Å². The number of nitrogens with zero attached hydrogens (tertiary/aromatic N) is 3. The van der Waals surface area contributed by atoms with Gasteiger partial charge >= 0.3 is 0 Å². The number of aliphatic hydroxyl groups excluding tert-OH is 1. The topological polar surface area (TPSA) is 79.9 Å². The van der Waals surface area contributed by atoms with Crippen LogP contribution < -0.4 is 4.74 Å². The molecule has 29 heavy (non-hydrogen) atoms. The summed E-state index contributed by atoms with van der Waals surface area (Å²) in [5.74, 6) is 0.878. The Morgan fingerprint density at radius 3 is 2.38 bits per heavy atom. The molecule has 0 unspecified atom stereocenters. The zero-order chi connectivity index (χ0) is 20.2. The summed E-state index contributed by atoms with van der Waals surface area (Å²) in [6.45, 7) is 2.93. The molecule has 0 bridgehead atoms. The maximum Gasteiger partial charge on any atom is 0.213 e. The number of benzene rings is 2. The number of aromatic nitrogens is 3. The van der Waals surface area contributed by atoms with E-state index in [9.17, 15) is 10.2 Å². The number of aliphatic hydroxyl groups is 2. The third kappa shape index (κ3) is 4.48. The highest BCUT2D eigenvalue weighted by atomic mass is 32.1. The first kappa shape index (κ1) is 19.6. The van der Waals surface area contributed by atoms with Crippen molar-refractivity contribution in [3.63, 3.8) is 0 Å². The minimum absolute atomic E-state index is 0.454. The predicted octanol–water partition coefficient (Wildman–Crippen LogP) is 4.68. The molecule has 2 heterocycles. The second-order valence-electron chi connectivity index (χ2n) is 6.84. The molecule has 7 heteroatoms. The van der Waals surface area contributed by atoms with E-state index in [0.717, 1.165) is 45.6 Å². The van der Waals surface area contributed by atoms with Crippen molar-refractivity contribution in [2.75, 3.05) is 6.61 Å². The van der Waals surface area contributed by atoms with Crippen molar-refractivity contribution in [1.82, 2.24) is 14.6 Å². The van der Waals surface area contributed by atoms with Crippen LogP contribution in [-0.2, 0) is 0 Å². The van der Waals surface area contributed by atoms with Gasteiger partial charge in [0.25, 0.3) is 0 Å². The van der Waals surface area contributed by atoms with Gasteiger partial charge < -0.3 is 14.9 Å². The van der Waals surface area contributed by atoms with Gasteiger partial charge in [0.1, 0.15) is 10.8 Å². The molecule has 0 fully saturated rings. The van der Waals surface area contributed by atoms with Gasteiger partial charge in [-0.1, -0.05) is 55.4 Å². The number of hydrogen-bond donors (Lipinski definition) is 2. The zero-order valence-electron chi connectivity index (χ0n) is 16.2. The Labute approximate surface area is 173 Å². The number of rotatable bonds is 8. The first-order valence-electron chi connectivity index (χ1n) is 9.70.